The van der Waals surface area contributed by atoms with Crippen molar-refractivity contribution in [2.45, 2.75) is 19.3 Å². The Morgan fingerprint density at radius 2 is 1.97 bits per heavy atom. The van der Waals surface area contributed by atoms with E-state index in [4.69, 9.17) is 0 Å². The van der Waals surface area contributed by atoms with Gasteiger partial charge in [-0.2, -0.15) is 0 Å². The Labute approximate surface area is 172 Å². The zero-order chi connectivity index (χ0) is 20.0. The highest BCUT2D eigenvalue weighted by molar-refractivity contribution is 7.13. The van der Waals surface area contributed by atoms with Crippen molar-refractivity contribution in [3.05, 3.63) is 88.9 Å². The van der Waals surface area contributed by atoms with E-state index in [2.05, 4.69) is 40.6 Å². The maximum atomic E-state index is 13.4. The number of thiazole rings is 1. The Bertz CT molecular complexity index is 1220. The first-order valence-electron chi connectivity index (χ1n) is 9.56. The molecule has 4 nitrogen and oxygen atoms in total. The second-order valence-electron chi connectivity index (χ2n) is 7.81. The number of fused-ring (bicyclic) bond motifs is 2. The molecule has 5 heteroatoms. The molecule has 3 aromatic carbocycles. The third kappa shape index (κ3) is 2.98. The predicted octanol–water partition coefficient (Wildman–Crippen LogP) is 5.33. The first-order chi connectivity index (χ1) is 14.0. The van der Waals surface area contributed by atoms with Gasteiger partial charge in [-0.15, -0.1) is 11.3 Å². The van der Waals surface area contributed by atoms with Crippen LogP contribution in [-0.2, 0) is 11.2 Å². The van der Waals surface area contributed by atoms with Gasteiger partial charge in [0.2, 0.25) is 5.91 Å². The molecule has 1 amide bonds. The van der Waals surface area contributed by atoms with Gasteiger partial charge in [0.15, 0.2) is 5.13 Å². The van der Waals surface area contributed by atoms with E-state index >= 15 is 0 Å². The van der Waals surface area contributed by atoms with Gasteiger partial charge < -0.3 is 10.4 Å². The molecule has 1 aromatic heterocycles. The molecule has 144 valence electrons. The third-order valence-electron chi connectivity index (χ3n) is 5.91. The van der Waals surface area contributed by atoms with Gasteiger partial charge in [-0.25, -0.2) is 4.98 Å². The fourth-order valence-electron chi connectivity index (χ4n) is 4.52. The Morgan fingerprint density at radius 3 is 2.76 bits per heavy atom. The van der Waals surface area contributed by atoms with Crippen molar-refractivity contribution in [3.8, 4) is 5.75 Å². The molecule has 0 saturated heterocycles. The fourth-order valence-corrected chi connectivity index (χ4v) is 5.05. The van der Waals surface area contributed by atoms with Crippen LogP contribution in [0.5, 0.6) is 5.75 Å². The highest BCUT2D eigenvalue weighted by atomic mass is 32.1. The topological polar surface area (TPSA) is 62.2 Å². The number of anilines is 1. The molecule has 0 bridgehead atoms. The summed E-state index contributed by atoms with van der Waals surface area (Å²) >= 11 is 1.41. The maximum absolute atomic E-state index is 13.4. The van der Waals surface area contributed by atoms with E-state index in [0.717, 1.165) is 22.1 Å². The van der Waals surface area contributed by atoms with Gasteiger partial charge in [-0.3, -0.25) is 4.79 Å². The van der Waals surface area contributed by atoms with E-state index in [-0.39, 0.29) is 17.6 Å². The summed E-state index contributed by atoms with van der Waals surface area (Å²) in [6.45, 7) is 2.01. The standard InChI is InChI=1S/C24H20N2O2S/c1-24(22(28)26-23-25-10-11-29-23)14-18-8-9-19(27)13-20(18)21(24)17-7-6-15-4-2-3-5-16(15)12-17/h2-13,21,27H,14H2,1H3,(H,25,26,28)/t21-,24+/m1/s1. The van der Waals surface area contributed by atoms with Crippen LogP contribution in [0.2, 0.25) is 0 Å². The molecule has 1 aliphatic rings. The lowest BCUT2D eigenvalue weighted by atomic mass is 9.73. The fraction of sp³-hybridized carbons (Fsp3) is 0.167. The van der Waals surface area contributed by atoms with Gasteiger partial charge in [0.25, 0.3) is 0 Å². The number of hydrogen-bond donors (Lipinski definition) is 2. The van der Waals surface area contributed by atoms with E-state index in [0.29, 0.717) is 11.6 Å². The van der Waals surface area contributed by atoms with E-state index in [1.807, 2.05) is 30.5 Å². The van der Waals surface area contributed by atoms with Gasteiger partial charge in [-0.1, -0.05) is 48.5 Å². The van der Waals surface area contributed by atoms with Crippen LogP contribution in [0.15, 0.2) is 72.2 Å². The molecule has 5 rings (SSSR count). The van der Waals surface area contributed by atoms with Crippen LogP contribution in [0, 0.1) is 5.41 Å². The molecule has 2 N–H and O–H groups in total. The summed E-state index contributed by atoms with van der Waals surface area (Å²) in [4.78, 5) is 17.6. The van der Waals surface area contributed by atoms with Crippen molar-refractivity contribution in [2.24, 2.45) is 5.41 Å². The monoisotopic (exact) mass is 400 g/mol. The van der Waals surface area contributed by atoms with Crippen molar-refractivity contribution < 1.29 is 9.90 Å². The van der Waals surface area contributed by atoms with Crippen LogP contribution in [0.1, 0.15) is 29.5 Å². The average Bonchev–Trinajstić information content (AvgIpc) is 3.33. The molecule has 0 saturated carbocycles. The number of nitrogens with zero attached hydrogens (tertiary/aromatic N) is 1. The Hall–Kier alpha value is -3.18. The first-order valence-corrected chi connectivity index (χ1v) is 10.4. The number of aromatic nitrogens is 1. The van der Waals surface area contributed by atoms with Gasteiger partial charge in [0, 0.05) is 17.5 Å². The molecule has 0 spiro atoms. The first kappa shape index (κ1) is 17.9. The Morgan fingerprint density at radius 1 is 1.14 bits per heavy atom. The maximum Gasteiger partial charge on any atom is 0.233 e. The van der Waals surface area contributed by atoms with Crippen LogP contribution in [0.4, 0.5) is 5.13 Å². The summed E-state index contributed by atoms with van der Waals surface area (Å²) < 4.78 is 0. The van der Waals surface area contributed by atoms with Crippen molar-refractivity contribution >= 4 is 33.1 Å². The van der Waals surface area contributed by atoms with E-state index in [9.17, 15) is 9.90 Å². The Balaban J connectivity index is 1.64. The molecule has 1 heterocycles. The summed E-state index contributed by atoms with van der Waals surface area (Å²) in [5.41, 5.74) is 2.49. The predicted molar refractivity (Wildman–Crippen MR) is 116 cm³/mol. The highest BCUT2D eigenvalue weighted by Gasteiger charge is 2.49. The van der Waals surface area contributed by atoms with E-state index in [1.54, 1.807) is 18.3 Å². The third-order valence-corrected chi connectivity index (χ3v) is 6.60. The van der Waals surface area contributed by atoms with Gasteiger partial charge >= 0.3 is 0 Å². The Kier molecular flexibility index (Phi) is 4.14. The molecule has 1 aliphatic carbocycles. The number of benzene rings is 3. The molecular formula is C24H20N2O2S. The SMILES string of the molecule is C[C@]1(C(=O)Nc2nccs2)Cc2ccc(O)cc2[C@H]1c1ccc2ccccc2c1. The number of carbonyl (C=O) groups excluding carboxylic acids is 1. The average molecular weight is 401 g/mol. The van der Waals surface area contributed by atoms with Crippen LogP contribution < -0.4 is 5.32 Å². The van der Waals surface area contributed by atoms with E-state index in [1.165, 1.54) is 16.7 Å². The number of phenolic OH excluding ortho intramolecular Hbond substituents is 1. The molecule has 0 unspecified atom stereocenters. The van der Waals surface area contributed by atoms with Gasteiger partial charge in [0.1, 0.15) is 5.75 Å². The summed E-state index contributed by atoms with van der Waals surface area (Å²) in [6.07, 6.45) is 2.29. The molecular weight excluding hydrogens is 380 g/mol. The summed E-state index contributed by atoms with van der Waals surface area (Å²) in [7, 11) is 0. The highest BCUT2D eigenvalue weighted by Crippen LogP contribution is 2.52. The quantitative estimate of drug-likeness (QED) is 0.488. The molecule has 0 radical (unpaired) electrons. The normalized spacial score (nSPS) is 20.5. The number of carbonyl (C=O) groups is 1. The molecule has 4 aromatic rings. The largest absolute Gasteiger partial charge is 0.508 e. The molecule has 0 fully saturated rings. The summed E-state index contributed by atoms with van der Waals surface area (Å²) in [6, 6.07) is 20.0. The van der Waals surface area contributed by atoms with Crippen LogP contribution >= 0.6 is 11.3 Å². The number of amides is 1. The second-order valence-corrected chi connectivity index (χ2v) is 8.70. The van der Waals surface area contributed by atoms with Crippen molar-refractivity contribution in [2.75, 3.05) is 5.32 Å². The smallest absolute Gasteiger partial charge is 0.233 e. The second kappa shape index (κ2) is 6.71. The number of aromatic hydroxyl groups is 1. The van der Waals surface area contributed by atoms with Crippen molar-refractivity contribution in [1.29, 1.82) is 0 Å². The minimum atomic E-state index is -0.690. The van der Waals surface area contributed by atoms with Crippen LogP contribution in [0.25, 0.3) is 10.8 Å². The molecule has 2 atom stereocenters. The lowest BCUT2D eigenvalue weighted by Crippen LogP contribution is -2.37. The lowest BCUT2D eigenvalue weighted by Gasteiger charge is -2.31. The molecule has 0 aliphatic heterocycles. The van der Waals surface area contributed by atoms with E-state index < -0.39 is 5.41 Å². The van der Waals surface area contributed by atoms with Gasteiger partial charge in [-0.05, 0) is 52.9 Å². The minimum absolute atomic E-state index is 0.0544. The lowest BCUT2D eigenvalue weighted by molar-refractivity contribution is -0.125. The van der Waals surface area contributed by atoms with Crippen molar-refractivity contribution in [3.63, 3.8) is 0 Å². The number of phenols is 1. The summed E-state index contributed by atoms with van der Waals surface area (Å²) in [5, 5.41) is 17.9. The minimum Gasteiger partial charge on any atom is -0.508 e. The number of rotatable bonds is 3. The van der Waals surface area contributed by atoms with Gasteiger partial charge in [0.05, 0.1) is 5.41 Å². The van der Waals surface area contributed by atoms with Crippen LogP contribution in [-0.4, -0.2) is 16.0 Å². The zero-order valence-corrected chi connectivity index (χ0v) is 16.7. The van der Waals surface area contributed by atoms with Crippen molar-refractivity contribution in [1.82, 2.24) is 4.98 Å². The summed E-state index contributed by atoms with van der Waals surface area (Å²) in [5.74, 6) is 0.00888. The number of nitrogens with one attached hydrogen (secondary N) is 1. The molecule has 29 heavy (non-hydrogen) atoms. The zero-order valence-electron chi connectivity index (χ0n) is 15.9. The van der Waals surface area contributed by atoms with Crippen LogP contribution in [0.3, 0.4) is 0 Å². The number of hydrogen-bond acceptors (Lipinski definition) is 4.